The van der Waals surface area contributed by atoms with E-state index in [2.05, 4.69) is 27.0 Å². The number of nitrogens with zero attached hydrogens (tertiary/aromatic N) is 3. The van der Waals surface area contributed by atoms with Gasteiger partial charge in [0.1, 0.15) is 0 Å². The molecule has 2 aromatic rings. The van der Waals surface area contributed by atoms with Gasteiger partial charge < -0.3 is 10.6 Å². The van der Waals surface area contributed by atoms with E-state index in [4.69, 9.17) is 17.3 Å². The van der Waals surface area contributed by atoms with Gasteiger partial charge in [0.25, 0.3) is 0 Å². The highest BCUT2D eigenvalue weighted by Crippen LogP contribution is 2.32. The van der Waals surface area contributed by atoms with Gasteiger partial charge in [-0.3, -0.25) is 5.10 Å². The molecule has 1 aliphatic rings. The Hall–Kier alpha value is -1.11. The molecule has 3 rings (SSSR count). The summed E-state index contributed by atoms with van der Waals surface area (Å²) >= 11 is 7.45. The number of nitrogens with two attached hydrogens (primary N) is 1. The fourth-order valence-electron chi connectivity index (χ4n) is 2.60. The Morgan fingerprint density at radius 1 is 1.55 bits per heavy atom. The minimum atomic E-state index is 0.158. The predicted molar refractivity (Wildman–Crippen MR) is 83.3 cm³/mol. The van der Waals surface area contributed by atoms with Crippen molar-refractivity contribution >= 4 is 28.9 Å². The van der Waals surface area contributed by atoms with Crippen molar-refractivity contribution < 1.29 is 0 Å². The summed E-state index contributed by atoms with van der Waals surface area (Å²) in [6, 6.07) is 3.83. The molecule has 7 heteroatoms. The van der Waals surface area contributed by atoms with Gasteiger partial charge in [-0.2, -0.15) is 4.98 Å². The smallest absolute Gasteiger partial charge is 0.245 e. The second-order valence-corrected chi connectivity index (χ2v) is 7.34. The van der Waals surface area contributed by atoms with Gasteiger partial charge in [0.15, 0.2) is 5.82 Å². The molecule has 1 saturated heterocycles. The summed E-state index contributed by atoms with van der Waals surface area (Å²) in [6.07, 6.45) is 2.29. The highest BCUT2D eigenvalue weighted by Gasteiger charge is 2.31. The molecule has 2 aromatic heterocycles. The number of aromatic amines is 1. The largest absolute Gasteiger partial charge is 0.339 e. The molecular weight excluding hydrogens is 294 g/mol. The first-order chi connectivity index (χ1) is 9.59. The van der Waals surface area contributed by atoms with Crippen molar-refractivity contribution in [2.24, 2.45) is 11.1 Å². The van der Waals surface area contributed by atoms with Gasteiger partial charge in [-0.1, -0.05) is 18.5 Å². The molecule has 1 aliphatic heterocycles. The molecule has 0 aromatic carbocycles. The van der Waals surface area contributed by atoms with Gasteiger partial charge in [-0.05, 0) is 36.9 Å². The van der Waals surface area contributed by atoms with Crippen molar-refractivity contribution in [3.63, 3.8) is 0 Å². The molecule has 1 unspecified atom stereocenters. The van der Waals surface area contributed by atoms with Gasteiger partial charge >= 0.3 is 0 Å². The Labute approximate surface area is 127 Å². The Morgan fingerprint density at radius 2 is 2.40 bits per heavy atom. The first-order valence-electron chi connectivity index (χ1n) is 6.73. The summed E-state index contributed by atoms with van der Waals surface area (Å²) in [7, 11) is 0. The number of H-pyrrole nitrogens is 1. The van der Waals surface area contributed by atoms with E-state index in [0.29, 0.717) is 6.54 Å². The van der Waals surface area contributed by atoms with Crippen molar-refractivity contribution in [3.05, 3.63) is 16.5 Å². The third-order valence-electron chi connectivity index (χ3n) is 3.84. The van der Waals surface area contributed by atoms with Crippen LogP contribution in [-0.4, -0.2) is 34.8 Å². The van der Waals surface area contributed by atoms with Gasteiger partial charge in [0, 0.05) is 13.1 Å². The summed E-state index contributed by atoms with van der Waals surface area (Å²) in [4.78, 5) is 7.81. The van der Waals surface area contributed by atoms with E-state index in [0.717, 1.165) is 46.9 Å². The molecule has 20 heavy (non-hydrogen) atoms. The van der Waals surface area contributed by atoms with Crippen molar-refractivity contribution in [3.8, 4) is 10.7 Å². The zero-order valence-electron chi connectivity index (χ0n) is 11.4. The van der Waals surface area contributed by atoms with E-state index in [1.54, 1.807) is 0 Å². The monoisotopic (exact) mass is 311 g/mol. The SMILES string of the molecule is CC1(CN)CCCN(c2n[nH]c(-c3ccc(Cl)s3)n2)C1. The standard InChI is InChI=1S/C13H18ClN5S/c1-13(7-15)5-2-6-19(8-13)12-16-11(17-18-12)9-3-4-10(14)20-9/h3-4H,2,5-8,15H2,1H3,(H,16,17,18). The van der Waals surface area contributed by atoms with Crippen LogP contribution in [-0.2, 0) is 0 Å². The average Bonchev–Trinajstić information content (AvgIpc) is 3.07. The summed E-state index contributed by atoms with van der Waals surface area (Å²) in [5.41, 5.74) is 6.05. The zero-order valence-corrected chi connectivity index (χ0v) is 13.0. The normalized spacial score (nSPS) is 23.2. The first kappa shape index (κ1) is 13.9. The molecule has 0 spiro atoms. The highest BCUT2D eigenvalue weighted by atomic mass is 35.5. The summed E-state index contributed by atoms with van der Waals surface area (Å²) in [5, 5.41) is 7.33. The van der Waals surface area contributed by atoms with Crippen LogP contribution in [0.2, 0.25) is 4.34 Å². The second-order valence-electron chi connectivity index (χ2n) is 5.63. The summed E-state index contributed by atoms with van der Waals surface area (Å²) in [5.74, 6) is 1.53. The van der Waals surface area contributed by atoms with E-state index in [1.807, 2.05) is 12.1 Å². The van der Waals surface area contributed by atoms with Gasteiger partial charge in [0.05, 0.1) is 9.21 Å². The van der Waals surface area contributed by atoms with Crippen LogP contribution in [0.25, 0.3) is 10.7 Å². The maximum Gasteiger partial charge on any atom is 0.245 e. The van der Waals surface area contributed by atoms with Crippen LogP contribution in [0.3, 0.4) is 0 Å². The van der Waals surface area contributed by atoms with Crippen molar-refractivity contribution in [1.82, 2.24) is 15.2 Å². The van der Waals surface area contributed by atoms with E-state index >= 15 is 0 Å². The predicted octanol–water partition coefficient (Wildman–Crippen LogP) is 2.75. The molecule has 3 N–H and O–H groups in total. The molecule has 3 heterocycles. The van der Waals surface area contributed by atoms with Gasteiger partial charge in [-0.15, -0.1) is 16.4 Å². The number of rotatable bonds is 3. The Morgan fingerprint density at radius 3 is 3.10 bits per heavy atom. The zero-order chi connectivity index (χ0) is 14.2. The Kier molecular flexibility index (Phi) is 3.70. The molecule has 5 nitrogen and oxygen atoms in total. The van der Waals surface area contributed by atoms with E-state index in [1.165, 1.54) is 11.3 Å². The third-order valence-corrected chi connectivity index (χ3v) is 5.07. The molecule has 1 atom stereocenters. The lowest BCUT2D eigenvalue weighted by atomic mass is 9.82. The quantitative estimate of drug-likeness (QED) is 0.914. The average molecular weight is 312 g/mol. The van der Waals surface area contributed by atoms with Crippen LogP contribution in [0, 0.1) is 5.41 Å². The molecule has 0 amide bonds. The third kappa shape index (κ3) is 2.68. The minimum Gasteiger partial charge on any atom is -0.339 e. The molecule has 0 saturated carbocycles. The van der Waals surface area contributed by atoms with Crippen LogP contribution in [0.5, 0.6) is 0 Å². The molecule has 1 fully saturated rings. The second kappa shape index (κ2) is 5.35. The lowest BCUT2D eigenvalue weighted by molar-refractivity contribution is 0.270. The lowest BCUT2D eigenvalue weighted by Gasteiger charge is -2.39. The van der Waals surface area contributed by atoms with Gasteiger partial charge in [-0.25, -0.2) is 0 Å². The van der Waals surface area contributed by atoms with E-state index in [-0.39, 0.29) is 5.41 Å². The van der Waals surface area contributed by atoms with Crippen LogP contribution in [0.4, 0.5) is 5.95 Å². The number of thiophene rings is 1. The molecule has 108 valence electrons. The number of aromatic nitrogens is 3. The fourth-order valence-corrected chi connectivity index (χ4v) is 3.58. The van der Waals surface area contributed by atoms with Crippen LogP contribution < -0.4 is 10.6 Å². The topological polar surface area (TPSA) is 70.8 Å². The lowest BCUT2D eigenvalue weighted by Crippen LogP contribution is -2.46. The van der Waals surface area contributed by atoms with Crippen molar-refractivity contribution in [1.29, 1.82) is 0 Å². The van der Waals surface area contributed by atoms with E-state index < -0.39 is 0 Å². The molecule has 0 bridgehead atoms. The minimum absolute atomic E-state index is 0.158. The maximum atomic E-state index is 5.95. The van der Waals surface area contributed by atoms with Crippen LogP contribution >= 0.6 is 22.9 Å². The number of halogens is 1. The number of piperidine rings is 1. The highest BCUT2D eigenvalue weighted by molar-refractivity contribution is 7.19. The maximum absolute atomic E-state index is 5.95. The molecular formula is C13H18ClN5S. The van der Waals surface area contributed by atoms with Gasteiger partial charge in [0.2, 0.25) is 5.95 Å². The molecule has 0 radical (unpaired) electrons. The van der Waals surface area contributed by atoms with Crippen molar-refractivity contribution in [2.75, 3.05) is 24.5 Å². The summed E-state index contributed by atoms with van der Waals surface area (Å²) in [6.45, 7) is 4.82. The van der Waals surface area contributed by atoms with Crippen molar-refractivity contribution in [2.45, 2.75) is 19.8 Å². The van der Waals surface area contributed by atoms with Crippen LogP contribution in [0.1, 0.15) is 19.8 Å². The number of anilines is 1. The Bertz CT molecular complexity index is 595. The first-order valence-corrected chi connectivity index (χ1v) is 7.92. The molecule has 0 aliphatic carbocycles. The number of nitrogens with one attached hydrogen (secondary N) is 1. The summed E-state index contributed by atoms with van der Waals surface area (Å²) < 4.78 is 0.756. The fraction of sp³-hybridized carbons (Fsp3) is 0.538. The number of hydrogen-bond donors (Lipinski definition) is 2. The van der Waals surface area contributed by atoms with Crippen LogP contribution in [0.15, 0.2) is 12.1 Å². The Balaban J connectivity index is 1.80. The number of hydrogen-bond acceptors (Lipinski definition) is 5. The van der Waals surface area contributed by atoms with E-state index in [9.17, 15) is 0 Å².